The van der Waals surface area contributed by atoms with E-state index in [1.165, 1.54) is 5.56 Å². The van der Waals surface area contributed by atoms with Crippen molar-refractivity contribution in [3.63, 3.8) is 0 Å². The molecule has 0 aliphatic heterocycles. The van der Waals surface area contributed by atoms with Gasteiger partial charge in [-0.3, -0.25) is 0 Å². The van der Waals surface area contributed by atoms with E-state index in [9.17, 15) is 0 Å². The van der Waals surface area contributed by atoms with Crippen LogP contribution in [0.25, 0.3) is 11.3 Å². The number of nitrogens with zero attached hydrogens (tertiary/aromatic N) is 2. The van der Waals surface area contributed by atoms with Crippen molar-refractivity contribution in [2.75, 3.05) is 19.0 Å². The maximum atomic E-state index is 5.14. The van der Waals surface area contributed by atoms with Gasteiger partial charge in [0, 0.05) is 25.3 Å². The summed E-state index contributed by atoms with van der Waals surface area (Å²) < 4.78 is 5.14. The summed E-state index contributed by atoms with van der Waals surface area (Å²) in [5, 5.41) is 3.31. The van der Waals surface area contributed by atoms with E-state index in [2.05, 4.69) is 53.4 Å². The third kappa shape index (κ3) is 3.78. The third-order valence-electron chi connectivity index (χ3n) is 2.95. The van der Waals surface area contributed by atoms with Crippen molar-refractivity contribution in [3.05, 3.63) is 41.7 Å². The van der Waals surface area contributed by atoms with Gasteiger partial charge in [-0.2, -0.15) is 0 Å². The quantitative estimate of drug-likeness (QED) is 0.874. The Morgan fingerprint density at radius 2 is 1.90 bits per heavy atom. The molecule has 1 N–H and O–H groups in total. The van der Waals surface area contributed by atoms with Crippen molar-refractivity contribution in [3.8, 4) is 11.3 Å². The molecule has 2 aromatic rings. The zero-order valence-corrected chi connectivity index (χ0v) is 12.3. The first-order valence-electron chi connectivity index (χ1n) is 6.90. The van der Waals surface area contributed by atoms with Crippen LogP contribution in [0.4, 0.5) is 5.82 Å². The van der Waals surface area contributed by atoms with Crippen LogP contribution in [0.2, 0.25) is 0 Å². The van der Waals surface area contributed by atoms with Crippen molar-refractivity contribution in [1.82, 2.24) is 9.97 Å². The minimum atomic E-state index is 0.417. The van der Waals surface area contributed by atoms with E-state index in [1.54, 1.807) is 7.11 Å². The molecule has 0 saturated heterocycles. The van der Waals surface area contributed by atoms with E-state index in [0.717, 1.165) is 30.0 Å². The van der Waals surface area contributed by atoms with Gasteiger partial charge in [-0.25, -0.2) is 9.97 Å². The third-order valence-corrected chi connectivity index (χ3v) is 2.95. The molecule has 0 saturated carbocycles. The minimum Gasteiger partial charge on any atom is -0.377 e. The van der Waals surface area contributed by atoms with E-state index in [0.29, 0.717) is 12.4 Å². The average molecular weight is 271 g/mol. The van der Waals surface area contributed by atoms with Crippen molar-refractivity contribution in [2.45, 2.75) is 26.9 Å². The van der Waals surface area contributed by atoms with Crippen molar-refractivity contribution in [1.29, 1.82) is 0 Å². The molecular weight excluding hydrogens is 250 g/mol. The monoisotopic (exact) mass is 271 g/mol. The molecule has 1 heterocycles. The lowest BCUT2D eigenvalue weighted by Crippen LogP contribution is -2.06. The zero-order chi connectivity index (χ0) is 14.4. The first-order valence-corrected chi connectivity index (χ1v) is 6.90. The van der Waals surface area contributed by atoms with Crippen molar-refractivity contribution < 1.29 is 4.74 Å². The largest absolute Gasteiger partial charge is 0.377 e. The van der Waals surface area contributed by atoms with Crippen LogP contribution < -0.4 is 5.32 Å². The molecule has 0 aliphatic carbocycles. The lowest BCUT2D eigenvalue weighted by atomic mass is 10.1. The predicted octanol–water partition coefficient (Wildman–Crippen LogP) is 3.42. The van der Waals surface area contributed by atoms with Crippen LogP contribution in [-0.4, -0.2) is 23.6 Å². The van der Waals surface area contributed by atoms with Crippen LogP contribution in [0.1, 0.15) is 24.7 Å². The number of benzene rings is 1. The highest BCUT2D eigenvalue weighted by atomic mass is 16.5. The molecule has 0 unspecified atom stereocenters. The molecule has 1 aromatic carbocycles. The molecule has 2 rings (SSSR count). The second-order valence-corrected chi connectivity index (χ2v) is 4.78. The van der Waals surface area contributed by atoms with Gasteiger partial charge in [0.05, 0.1) is 5.69 Å². The number of aryl methyl sites for hydroxylation is 1. The molecular formula is C16H21N3O. The molecule has 4 heteroatoms. The number of nitrogens with one attached hydrogen (secondary N) is 1. The van der Waals surface area contributed by atoms with Crippen LogP contribution in [0.3, 0.4) is 0 Å². The number of ether oxygens (including phenoxy) is 1. The molecule has 106 valence electrons. The fourth-order valence-electron chi connectivity index (χ4n) is 1.91. The Morgan fingerprint density at radius 1 is 1.15 bits per heavy atom. The molecule has 0 amide bonds. The first-order chi connectivity index (χ1) is 9.72. The highest BCUT2D eigenvalue weighted by Crippen LogP contribution is 2.20. The van der Waals surface area contributed by atoms with E-state index in [1.807, 2.05) is 6.07 Å². The Morgan fingerprint density at radius 3 is 2.55 bits per heavy atom. The molecule has 0 fully saturated rings. The predicted molar refractivity (Wildman–Crippen MR) is 81.7 cm³/mol. The summed E-state index contributed by atoms with van der Waals surface area (Å²) in [4.78, 5) is 9.01. The van der Waals surface area contributed by atoms with Gasteiger partial charge in [-0.1, -0.05) is 36.8 Å². The lowest BCUT2D eigenvalue weighted by Gasteiger charge is -2.09. The smallest absolute Gasteiger partial charge is 0.157 e. The number of hydrogen-bond donors (Lipinski definition) is 1. The summed E-state index contributed by atoms with van der Waals surface area (Å²) >= 11 is 0. The summed E-state index contributed by atoms with van der Waals surface area (Å²) in [7, 11) is 1.65. The molecule has 0 radical (unpaired) electrons. The van der Waals surface area contributed by atoms with E-state index in [-0.39, 0.29) is 0 Å². The molecule has 1 aromatic heterocycles. The Balaban J connectivity index is 2.34. The summed E-state index contributed by atoms with van der Waals surface area (Å²) in [6.45, 7) is 5.52. The maximum Gasteiger partial charge on any atom is 0.157 e. The fourth-order valence-corrected chi connectivity index (χ4v) is 1.91. The van der Waals surface area contributed by atoms with E-state index in [4.69, 9.17) is 4.74 Å². The molecule has 0 atom stereocenters. The van der Waals surface area contributed by atoms with Gasteiger partial charge >= 0.3 is 0 Å². The van der Waals surface area contributed by atoms with Gasteiger partial charge in [0.1, 0.15) is 12.4 Å². The normalized spacial score (nSPS) is 10.6. The van der Waals surface area contributed by atoms with Crippen LogP contribution in [0, 0.1) is 6.92 Å². The van der Waals surface area contributed by atoms with E-state index < -0.39 is 0 Å². The summed E-state index contributed by atoms with van der Waals surface area (Å²) in [5.41, 5.74) is 3.25. The zero-order valence-electron chi connectivity index (χ0n) is 12.3. The second-order valence-electron chi connectivity index (χ2n) is 4.78. The Hall–Kier alpha value is -1.94. The van der Waals surface area contributed by atoms with Gasteiger partial charge < -0.3 is 10.1 Å². The van der Waals surface area contributed by atoms with Crippen LogP contribution >= 0.6 is 0 Å². The van der Waals surface area contributed by atoms with Crippen LogP contribution in [0.15, 0.2) is 30.3 Å². The number of rotatable bonds is 6. The first kappa shape index (κ1) is 14.5. The second kappa shape index (κ2) is 7.01. The van der Waals surface area contributed by atoms with Crippen molar-refractivity contribution in [2.24, 2.45) is 0 Å². The van der Waals surface area contributed by atoms with Crippen LogP contribution in [-0.2, 0) is 11.3 Å². The molecule has 4 nitrogen and oxygen atoms in total. The Bertz CT molecular complexity index is 552. The average Bonchev–Trinajstić information content (AvgIpc) is 2.46. The summed E-state index contributed by atoms with van der Waals surface area (Å²) in [6, 6.07) is 10.3. The molecule has 0 spiro atoms. The highest BCUT2D eigenvalue weighted by molar-refractivity contribution is 5.62. The number of aromatic nitrogens is 2. The minimum absolute atomic E-state index is 0.417. The Kier molecular flexibility index (Phi) is 5.07. The van der Waals surface area contributed by atoms with Gasteiger partial charge in [-0.05, 0) is 13.3 Å². The van der Waals surface area contributed by atoms with Crippen LogP contribution in [0.5, 0.6) is 0 Å². The number of anilines is 1. The lowest BCUT2D eigenvalue weighted by molar-refractivity contribution is 0.178. The summed E-state index contributed by atoms with van der Waals surface area (Å²) in [6.07, 6.45) is 1.06. The molecule has 0 aliphatic rings. The molecule has 0 bridgehead atoms. The number of methoxy groups -OCH3 is 1. The Labute approximate surface area is 120 Å². The number of hydrogen-bond acceptors (Lipinski definition) is 4. The standard InChI is InChI=1S/C16H21N3O/c1-4-9-17-15-10-14(18-16(19-15)11-20-3)13-7-5-12(2)6-8-13/h5-8,10H,4,9,11H2,1-3H3,(H,17,18,19). The van der Waals surface area contributed by atoms with Gasteiger partial charge in [0.25, 0.3) is 0 Å². The maximum absolute atomic E-state index is 5.14. The van der Waals surface area contributed by atoms with Crippen molar-refractivity contribution >= 4 is 5.82 Å². The highest BCUT2D eigenvalue weighted by Gasteiger charge is 2.06. The molecule has 20 heavy (non-hydrogen) atoms. The topological polar surface area (TPSA) is 47.0 Å². The van der Waals surface area contributed by atoms with Gasteiger partial charge in [0.15, 0.2) is 5.82 Å². The van der Waals surface area contributed by atoms with E-state index >= 15 is 0 Å². The SMILES string of the molecule is CCCNc1cc(-c2ccc(C)cc2)nc(COC)n1. The fraction of sp³-hybridized carbons (Fsp3) is 0.375. The summed E-state index contributed by atoms with van der Waals surface area (Å²) in [5.74, 6) is 1.55. The van der Waals surface area contributed by atoms with Gasteiger partial charge in [-0.15, -0.1) is 0 Å². The van der Waals surface area contributed by atoms with Gasteiger partial charge in [0.2, 0.25) is 0 Å².